The van der Waals surface area contributed by atoms with E-state index in [1.165, 1.54) is 7.11 Å². The molecule has 3 rings (SSSR count). The van der Waals surface area contributed by atoms with E-state index >= 15 is 0 Å². The van der Waals surface area contributed by atoms with Crippen LogP contribution in [0.1, 0.15) is 38.2 Å². The van der Waals surface area contributed by atoms with Crippen molar-refractivity contribution in [3.63, 3.8) is 0 Å². The third kappa shape index (κ3) is 4.67. The molecule has 1 saturated heterocycles. The molecule has 0 bridgehead atoms. The van der Waals surface area contributed by atoms with Gasteiger partial charge in [-0.15, -0.1) is 0 Å². The van der Waals surface area contributed by atoms with Crippen LogP contribution in [0.5, 0.6) is 5.75 Å². The molecule has 9 heteroatoms. The summed E-state index contributed by atoms with van der Waals surface area (Å²) in [7, 11) is 1.53. The van der Waals surface area contributed by atoms with E-state index in [1.54, 1.807) is 13.0 Å². The van der Waals surface area contributed by atoms with Crippen LogP contribution < -0.4 is 20.7 Å². The number of imide groups is 2. The molecule has 1 aliphatic heterocycles. The molecule has 2 aliphatic rings. The van der Waals surface area contributed by atoms with Crippen LogP contribution in [0.25, 0.3) is 0 Å². The highest BCUT2D eigenvalue weighted by Crippen LogP contribution is 2.27. The van der Waals surface area contributed by atoms with Crippen molar-refractivity contribution in [2.24, 2.45) is 0 Å². The van der Waals surface area contributed by atoms with Crippen molar-refractivity contribution >= 4 is 23.9 Å². The smallest absolute Gasteiger partial charge is 0.325 e. The van der Waals surface area contributed by atoms with E-state index in [1.807, 2.05) is 18.2 Å². The molecule has 3 N–H and O–H groups in total. The second-order valence-corrected chi connectivity index (χ2v) is 7.65. The second kappa shape index (κ2) is 8.50. The van der Waals surface area contributed by atoms with Crippen LogP contribution in [0.3, 0.4) is 0 Å². The van der Waals surface area contributed by atoms with Crippen LogP contribution >= 0.6 is 0 Å². The SMILES string of the molecule is COc1ccccc1C[C@@]1(C)NC(=O)N(CC(=O)NC(=O)NC2CCCC2)C1=O. The van der Waals surface area contributed by atoms with E-state index in [-0.39, 0.29) is 12.5 Å². The number of amides is 6. The summed E-state index contributed by atoms with van der Waals surface area (Å²) in [5.74, 6) is -0.638. The number of carbonyl (C=O) groups excluding carboxylic acids is 4. The Labute approximate surface area is 169 Å². The summed E-state index contributed by atoms with van der Waals surface area (Å²) in [4.78, 5) is 50.1. The number of nitrogens with one attached hydrogen (secondary N) is 3. The summed E-state index contributed by atoms with van der Waals surface area (Å²) in [5, 5.41) is 7.57. The molecule has 0 aromatic heterocycles. The van der Waals surface area contributed by atoms with Crippen LogP contribution in [0, 0.1) is 0 Å². The Bertz CT molecular complexity index is 821. The van der Waals surface area contributed by atoms with Gasteiger partial charge in [0.1, 0.15) is 17.8 Å². The molecule has 0 spiro atoms. The van der Waals surface area contributed by atoms with Gasteiger partial charge in [-0.25, -0.2) is 9.59 Å². The normalized spacial score (nSPS) is 21.8. The highest BCUT2D eigenvalue weighted by molar-refractivity contribution is 6.10. The fraction of sp³-hybridized carbons (Fsp3) is 0.500. The zero-order valence-corrected chi connectivity index (χ0v) is 16.6. The van der Waals surface area contributed by atoms with Gasteiger partial charge in [0.25, 0.3) is 5.91 Å². The van der Waals surface area contributed by atoms with Gasteiger partial charge in [0.2, 0.25) is 5.91 Å². The molecule has 0 radical (unpaired) electrons. The first kappa shape index (κ1) is 20.6. The largest absolute Gasteiger partial charge is 0.496 e. The zero-order chi connectivity index (χ0) is 21.0. The van der Waals surface area contributed by atoms with Crippen molar-refractivity contribution in [1.29, 1.82) is 0 Å². The van der Waals surface area contributed by atoms with Crippen molar-refractivity contribution in [3.8, 4) is 5.75 Å². The summed E-state index contributed by atoms with van der Waals surface area (Å²) < 4.78 is 5.31. The lowest BCUT2D eigenvalue weighted by Crippen LogP contribution is -2.49. The van der Waals surface area contributed by atoms with E-state index in [0.717, 1.165) is 36.1 Å². The summed E-state index contributed by atoms with van der Waals surface area (Å²) in [6, 6.07) is 6.00. The first-order chi connectivity index (χ1) is 13.8. The molecule has 1 saturated carbocycles. The van der Waals surface area contributed by atoms with Gasteiger partial charge in [0.15, 0.2) is 0 Å². The molecule has 9 nitrogen and oxygen atoms in total. The van der Waals surface area contributed by atoms with Crippen LogP contribution in [-0.4, -0.2) is 54.0 Å². The average Bonchev–Trinajstić information content (AvgIpc) is 3.24. The first-order valence-corrected chi connectivity index (χ1v) is 9.69. The maximum atomic E-state index is 12.9. The number of hydrogen-bond donors (Lipinski definition) is 3. The van der Waals surface area contributed by atoms with Gasteiger partial charge in [-0.1, -0.05) is 31.0 Å². The van der Waals surface area contributed by atoms with Gasteiger partial charge in [0, 0.05) is 12.5 Å². The van der Waals surface area contributed by atoms with E-state index in [9.17, 15) is 19.2 Å². The Morgan fingerprint density at radius 3 is 2.62 bits per heavy atom. The number of carbonyl (C=O) groups is 4. The lowest BCUT2D eigenvalue weighted by molar-refractivity contribution is -0.134. The number of benzene rings is 1. The van der Waals surface area contributed by atoms with Crippen LogP contribution in [0.15, 0.2) is 24.3 Å². The molecule has 0 unspecified atom stereocenters. The van der Waals surface area contributed by atoms with Gasteiger partial charge >= 0.3 is 12.1 Å². The molecule has 6 amide bonds. The average molecular weight is 402 g/mol. The predicted molar refractivity (Wildman–Crippen MR) is 104 cm³/mol. The van der Waals surface area contributed by atoms with Crippen molar-refractivity contribution in [3.05, 3.63) is 29.8 Å². The van der Waals surface area contributed by atoms with E-state index in [2.05, 4.69) is 16.0 Å². The number of methoxy groups -OCH3 is 1. The topological polar surface area (TPSA) is 117 Å². The monoisotopic (exact) mass is 402 g/mol. The second-order valence-electron chi connectivity index (χ2n) is 7.65. The Hall–Kier alpha value is -3.10. The fourth-order valence-electron chi connectivity index (χ4n) is 3.84. The maximum absolute atomic E-state index is 12.9. The quantitative estimate of drug-likeness (QED) is 0.621. The lowest BCUT2D eigenvalue weighted by atomic mass is 9.92. The molecule has 1 heterocycles. The Morgan fingerprint density at radius 2 is 1.93 bits per heavy atom. The van der Waals surface area contributed by atoms with Gasteiger partial charge in [-0.05, 0) is 31.4 Å². The van der Waals surface area contributed by atoms with Gasteiger partial charge in [-0.3, -0.25) is 19.8 Å². The van der Waals surface area contributed by atoms with Crippen molar-refractivity contribution in [1.82, 2.24) is 20.9 Å². The number of urea groups is 2. The highest BCUT2D eigenvalue weighted by Gasteiger charge is 2.48. The third-order valence-corrected chi connectivity index (χ3v) is 5.33. The predicted octanol–water partition coefficient (Wildman–Crippen LogP) is 1.32. The van der Waals surface area contributed by atoms with Crippen LogP contribution in [-0.2, 0) is 16.0 Å². The van der Waals surface area contributed by atoms with Crippen LogP contribution in [0.2, 0.25) is 0 Å². The Kier molecular flexibility index (Phi) is 6.05. The molecule has 1 aromatic carbocycles. The van der Waals surface area contributed by atoms with Crippen molar-refractivity contribution in [2.45, 2.75) is 50.6 Å². The number of nitrogens with zero attached hydrogens (tertiary/aromatic N) is 1. The molecule has 2 fully saturated rings. The zero-order valence-electron chi connectivity index (χ0n) is 16.6. The molecule has 156 valence electrons. The van der Waals surface area contributed by atoms with Crippen molar-refractivity contribution < 1.29 is 23.9 Å². The number of para-hydroxylation sites is 1. The van der Waals surface area contributed by atoms with Gasteiger partial charge < -0.3 is 15.4 Å². The molecule has 1 aromatic rings. The van der Waals surface area contributed by atoms with Gasteiger partial charge in [0.05, 0.1) is 7.11 Å². The van der Waals surface area contributed by atoms with Crippen molar-refractivity contribution in [2.75, 3.05) is 13.7 Å². The molecular formula is C20H26N4O5. The fourth-order valence-corrected chi connectivity index (χ4v) is 3.84. The first-order valence-electron chi connectivity index (χ1n) is 9.69. The van der Waals surface area contributed by atoms with Crippen LogP contribution in [0.4, 0.5) is 9.59 Å². The van der Waals surface area contributed by atoms with Gasteiger partial charge in [-0.2, -0.15) is 0 Å². The van der Waals surface area contributed by atoms with E-state index < -0.39 is 36.0 Å². The minimum absolute atomic E-state index is 0.0589. The highest BCUT2D eigenvalue weighted by atomic mass is 16.5. The number of hydrogen-bond acceptors (Lipinski definition) is 5. The Morgan fingerprint density at radius 1 is 1.24 bits per heavy atom. The molecule has 1 atom stereocenters. The molecule has 1 aliphatic carbocycles. The van der Waals surface area contributed by atoms with E-state index in [4.69, 9.17) is 4.74 Å². The molecular weight excluding hydrogens is 376 g/mol. The minimum Gasteiger partial charge on any atom is -0.496 e. The summed E-state index contributed by atoms with van der Waals surface area (Å²) in [6.45, 7) is 1.08. The maximum Gasteiger partial charge on any atom is 0.325 e. The number of rotatable bonds is 6. The standard InChI is InChI=1S/C20H26N4O5/c1-20(11-13-7-3-6-10-15(13)29-2)17(26)24(19(28)23-20)12-16(25)22-18(27)21-14-8-4-5-9-14/h3,6-7,10,14H,4-5,8-9,11-12H2,1-2H3,(H,23,28)(H2,21,22,25,27)/t20-/m1/s1. The number of ether oxygens (including phenoxy) is 1. The third-order valence-electron chi connectivity index (χ3n) is 5.33. The summed E-state index contributed by atoms with van der Waals surface area (Å²) in [6.07, 6.45) is 4.08. The minimum atomic E-state index is -1.21. The summed E-state index contributed by atoms with van der Waals surface area (Å²) in [5.41, 5.74) is -0.452. The lowest BCUT2D eigenvalue weighted by Gasteiger charge is -2.22. The Balaban J connectivity index is 1.60. The molecule has 29 heavy (non-hydrogen) atoms. The van der Waals surface area contributed by atoms with E-state index in [0.29, 0.717) is 5.75 Å². The summed E-state index contributed by atoms with van der Waals surface area (Å²) >= 11 is 0.